The Morgan fingerprint density at radius 1 is 0.492 bits per heavy atom. The molecule has 0 aliphatic heterocycles. The van der Waals surface area contributed by atoms with Gasteiger partial charge in [0.25, 0.3) is 0 Å². The zero-order chi connectivity index (χ0) is 42.4. The topological polar surface area (TPSA) is 46.0 Å². The van der Waals surface area contributed by atoms with Gasteiger partial charge in [0.05, 0.1) is 11.6 Å². The van der Waals surface area contributed by atoms with Crippen molar-refractivity contribution in [1.29, 1.82) is 0 Å². The van der Waals surface area contributed by atoms with Gasteiger partial charge in [0, 0.05) is 67.1 Å². The molecule has 0 amide bonds. The summed E-state index contributed by atoms with van der Waals surface area (Å²) in [4.78, 5) is 8.85. The Balaban J connectivity index is 0.000000816. The number of hydrogen-bond acceptors (Lipinski definition) is 3. The Morgan fingerprint density at radius 2 is 0.869 bits per heavy atom. The molecule has 0 bridgehead atoms. The molecule has 0 aliphatic rings. The van der Waals surface area contributed by atoms with E-state index in [4.69, 9.17) is 5.11 Å². The molecule has 2 aromatic heterocycles. The van der Waals surface area contributed by atoms with E-state index < -0.39 is 11.6 Å². The smallest absolute Gasteiger partial charge is 0.115 e. The van der Waals surface area contributed by atoms with Crippen molar-refractivity contribution in [2.45, 2.75) is 111 Å². The Labute approximate surface area is 377 Å². The first kappa shape index (κ1) is 48.3. The van der Waals surface area contributed by atoms with Crippen LogP contribution >= 0.6 is 0 Å². The number of unbranched alkanes of at least 4 members (excludes halogenated alkanes) is 10. The second-order valence-corrected chi connectivity index (χ2v) is 15.3. The first-order valence-corrected chi connectivity index (χ1v) is 21.6. The molecule has 0 atom stereocenters. The minimum Gasteiger partial charge on any atom is -0.508 e. The van der Waals surface area contributed by atoms with Gasteiger partial charge in [-0.05, 0) is 80.1 Å². The number of pyridine rings is 2. The molecule has 61 heavy (non-hydrogen) atoms. The zero-order valence-corrected chi connectivity index (χ0v) is 38.1. The van der Waals surface area contributed by atoms with Crippen molar-refractivity contribution in [2.24, 2.45) is 0 Å². The number of hydrogen-bond donors (Lipinski definition) is 1. The number of aryl methyl sites for hydroxylation is 3. The van der Waals surface area contributed by atoms with Crippen LogP contribution in [-0.4, -0.2) is 15.1 Å². The van der Waals surface area contributed by atoms with Gasteiger partial charge in [0.2, 0.25) is 0 Å². The molecule has 4 aromatic carbocycles. The average Bonchev–Trinajstić information content (AvgIpc) is 3.27. The van der Waals surface area contributed by atoms with E-state index in [2.05, 4.69) is 102 Å². The number of phenols is 1. The zero-order valence-electron chi connectivity index (χ0n) is 35.8. The van der Waals surface area contributed by atoms with Crippen molar-refractivity contribution in [2.75, 3.05) is 0 Å². The first-order chi connectivity index (χ1) is 29.3. The number of nitrogens with zero attached hydrogens (tertiary/aromatic N) is 2. The quantitative estimate of drug-likeness (QED) is 0.0597. The predicted molar refractivity (Wildman–Crippen MR) is 244 cm³/mol. The van der Waals surface area contributed by atoms with Crippen LogP contribution in [0.25, 0.3) is 22.5 Å². The van der Waals surface area contributed by atoms with Crippen molar-refractivity contribution < 1.29 is 35.0 Å². The summed E-state index contributed by atoms with van der Waals surface area (Å²) in [7, 11) is 0. The molecule has 0 spiro atoms. The Bertz CT molecular complexity index is 2150. The maximum Gasteiger partial charge on any atom is 0.115 e. The molecule has 6 heteroatoms. The maximum absolute atomic E-state index is 15.0. The van der Waals surface area contributed by atoms with E-state index in [9.17, 15) is 8.78 Å². The Kier molecular flexibility index (Phi) is 21.2. The van der Waals surface area contributed by atoms with Gasteiger partial charge >= 0.3 is 0 Å². The molecule has 6 rings (SSSR count). The molecule has 0 unspecified atom stereocenters. The third-order valence-corrected chi connectivity index (χ3v) is 10.3. The summed E-state index contributed by atoms with van der Waals surface area (Å²) >= 11 is 0. The second kappa shape index (κ2) is 26.8. The van der Waals surface area contributed by atoms with Crippen LogP contribution in [0.3, 0.4) is 0 Å². The molecule has 1 N–H and O–H groups in total. The molecule has 0 saturated carbocycles. The summed E-state index contributed by atoms with van der Waals surface area (Å²) in [6, 6.07) is 34.6. The summed E-state index contributed by atoms with van der Waals surface area (Å²) < 4.78 is 29.9. The van der Waals surface area contributed by atoms with E-state index in [1.807, 2.05) is 19.1 Å². The molecule has 0 radical (unpaired) electrons. The molecule has 318 valence electrons. The number of aromatic nitrogens is 2. The molecule has 0 aliphatic carbocycles. The number of benzene rings is 4. The van der Waals surface area contributed by atoms with Gasteiger partial charge in [-0.2, -0.15) is 0 Å². The molecule has 0 fully saturated rings. The van der Waals surface area contributed by atoms with Crippen molar-refractivity contribution in [1.82, 2.24) is 9.97 Å². The third kappa shape index (κ3) is 16.9. The minimum atomic E-state index is -0.742. The van der Waals surface area contributed by atoms with Crippen LogP contribution in [0.15, 0.2) is 116 Å². The summed E-state index contributed by atoms with van der Waals surface area (Å²) in [5.41, 5.74) is 7.90. The van der Waals surface area contributed by atoms with Gasteiger partial charge in [0.1, 0.15) is 5.75 Å². The van der Waals surface area contributed by atoms with E-state index in [1.54, 1.807) is 48.8 Å². The van der Waals surface area contributed by atoms with E-state index in [1.165, 1.54) is 93.7 Å². The van der Waals surface area contributed by atoms with Crippen molar-refractivity contribution in [3.05, 3.63) is 172 Å². The number of phenolic OH excluding ortho intramolecular Hbond substituents is 1. The molecular weight excluding hydrogens is 938 g/mol. The fourth-order valence-corrected chi connectivity index (χ4v) is 6.67. The summed E-state index contributed by atoms with van der Waals surface area (Å²) in [6.07, 6.45) is 20.9. The van der Waals surface area contributed by atoms with Crippen molar-refractivity contribution >= 4 is 0 Å². The maximum atomic E-state index is 15.0. The van der Waals surface area contributed by atoms with Crippen molar-refractivity contribution in [3.63, 3.8) is 0 Å². The van der Waals surface area contributed by atoms with Crippen LogP contribution < -0.4 is 0 Å². The van der Waals surface area contributed by atoms with E-state index in [0.29, 0.717) is 28.3 Å². The normalized spacial score (nSPS) is 10.3. The fraction of sp³-hybridized carbons (Fsp3) is 0.309. The molecule has 6 aromatic rings. The number of rotatable bonds is 16. The standard InChI is InChI=1S/C48H49F2N2.C7H8O.Pt/c1-3-5-7-9-11-13-15-37-17-21-39(22-18-37)25-27-41-29-31-47(51-35-41)43-33-44(46(50)34-45(43)49)48-32-30-42(36-52-48)28-26-40-23-19-38(20-24-40)16-14-12-10-8-6-4-2;1-6-2-4-7(8)5-3-6;/h17-24,29-32,34-36H,3-16H2,1-2H3;2-5,8H,1H3;/q-1;;. The first-order valence-electron chi connectivity index (χ1n) is 21.6. The summed E-state index contributed by atoms with van der Waals surface area (Å²) in [5, 5.41) is 8.76. The summed E-state index contributed by atoms with van der Waals surface area (Å²) in [5.74, 6) is 11.5. The molecule has 3 nitrogen and oxygen atoms in total. The van der Waals surface area contributed by atoms with Crippen LogP contribution in [0, 0.1) is 48.3 Å². The van der Waals surface area contributed by atoms with Crippen LogP contribution in [-0.2, 0) is 33.9 Å². The van der Waals surface area contributed by atoms with Gasteiger partial charge in [-0.1, -0.05) is 185 Å². The average molecular weight is 995 g/mol. The summed E-state index contributed by atoms with van der Waals surface area (Å²) in [6.45, 7) is 6.47. The van der Waals surface area contributed by atoms with Gasteiger partial charge in [0.15, 0.2) is 0 Å². The van der Waals surface area contributed by atoms with Gasteiger partial charge in [-0.3, -0.25) is 18.7 Å². The largest absolute Gasteiger partial charge is 0.508 e. The molecular formula is C55H57F2N2OPt-. The van der Waals surface area contributed by atoms with Gasteiger partial charge < -0.3 is 5.11 Å². The van der Waals surface area contributed by atoms with E-state index in [-0.39, 0.29) is 32.2 Å². The molecule has 2 heterocycles. The van der Waals surface area contributed by atoms with E-state index >= 15 is 0 Å². The van der Waals surface area contributed by atoms with Crippen molar-refractivity contribution in [3.8, 4) is 51.9 Å². The second-order valence-electron chi connectivity index (χ2n) is 15.3. The van der Waals surface area contributed by atoms with Crippen LogP contribution in [0.2, 0.25) is 0 Å². The minimum absolute atomic E-state index is 0. The van der Waals surface area contributed by atoms with Gasteiger partial charge in [-0.15, -0.1) is 6.07 Å². The predicted octanol–water partition coefficient (Wildman–Crippen LogP) is 14.2. The number of halogens is 2. The molecule has 0 saturated heterocycles. The fourth-order valence-electron chi connectivity index (χ4n) is 6.67. The SMILES string of the molecule is CCCCCCCCc1ccc(C#Cc2ccc(-c3[c-]c(-c4ccc(C#Cc5ccc(CCCCCCCC)cc5)cn4)c(F)cc3F)nc2)cc1.Cc1ccc(O)cc1.[Pt]. The van der Waals surface area contributed by atoms with E-state index in [0.717, 1.165) is 30.0 Å². The van der Waals surface area contributed by atoms with Gasteiger partial charge in [-0.25, -0.2) is 0 Å². The number of aromatic hydroxyl groups is 1. The third-order valence-electron chi connectivity index (χ3n) is 10.3. The Hall–Kier alpha value is -5.35. The van der Waals surface area contributed by atoms with Crippen LogP contribution in [0.4, 0.5) is 8.78 Å². The Morgan fingerprint density at radius 3 is 1.25 bits per heavy atom. The van der Waals surface area contributed by atoms with Crippen LogP contribution in [0.1, 0.15) is 130 Å². The monoisotopic (exact) mass is 994 g/mol. The van der Waals surface area contributed by atoms with Crippen LogP contribution in [0.5, 0.6) is 5.75 Å².